The monoisotopic (exact) mass is 311 g/mol. The number of nitrogens with two attached hydrogens (primary N) is 1. The third kappa shape index (κ3) is 2.54. The molecule has 1 aromatic heterocycles. The van der Waals surface area contributed by atoms with Crippen molar-refractivity contribution in [2.75, 3.05) is 0 Å². The lowest BCUT2D eigenvalue weighted by atomic mass is 10.1. The summed E-state index contributed by atoms with van der Waals surface area (Å²) < 4.78 is 1.71. The van der Waals surface area contributed by atoms with Gasteiger partial charge in [-0.05, 0) is 36.5 Å². The van der Waals surface area contributed by atoms with E-state index in [2.05, 4.69) is 5.10 Å². The van der Waals surface area contributed by atoms with Gasteiger partial charge in [0, 0.05) is 11.6 Å². The van der Waals surface area contributed by atoms with Crippen LogP contribution in [0.3, 0.4) is 0 Å². The number of rotatable bonds is 3. The molecule has 3 N–H and O–H groups in total. The fourth-order valence-corrected chi connectivity index (χ4v) is 3.41. The Morgan fingerprint density at radius 1 is 1.23 bits per heavy atom. The second-order valence-electron chi connectivity index (χ2n) is 5.79. The molecule has 22 heavy (non-hydrogen) atoms. The van der Waals surface area contributed by atoms with Gasteiger partial charge in [0.1, 0.15) is 5.52 Å². The largest absolute Gasteiger partial charge is 0.428 e. The van der Waals surface area contributed by atoms with Crippen LogP contribution in [-0.4, -0.2) is 28.8 Å². The minimum atomic E-state index is -2.38. The average Bonchev–Trinajstić information content (AvgIpc) is 2.90. The molecule has 112 valence electrons. The summed E-state index contributed by atoms with van der Waals surface area (Å²) in [5.74, 6) is -0.492. The number of hydrogen-bond acceptors (Lipinski definition) is 3. The van der Waals surface area contributed by atoms with Crippen LogP contribution in [0.25, 0.3) is 16.6 Å². The number of nitrogens with zero attached hydrogens (tertiary/aromatic N) is 2. The first kappa shape index (κ1) is 14.5. The minimum Gasteiger partial charge on any atom is -0.428 e. The van der Waals surface area contributed by atoms with Crippen LogP contribution in [0.1, 0.15) is 10.4 Å². The Kier molecular flexibility index (Phi) is 3.35. The molecule has 0 unspecified atom stereocenters. The highest BCUT2D eigenvalue weighted by Crippen LogP contribution is 2.19. The Bertz CT molecular complexity index is 865. The van der Waals surface area contributed by atoms with Gasteiger partial charge in [0.05, 0.1) is 11.3 Å². The predicted molar refractivity (Wildman–Crippen MR) is 88.9 cm³/mol. The SMILES string of the molecule is C[Si](C)(O)c1cccc(-n2cc3cccc(C(N)=O)c3n2)c1. The summed E-state index contributed by atoms with van der Waals surface area (Å²) in [4.78, 5) is 21.8. The van der Waals surface area contributed by atoms with E-state index in [1.165, 1.54) is 0 Å². The van der Waals surface area contributed by atoms with Gasteiger partial charge in [-0.1, -0.05) is 24.3 Å². The molecular weight excluding hydrogens is 294 g/mol. The van der Waals surface area contributed by atoms with E-state index in [9.17, 15) is 9.59 Å². The van der Waals surface area contributed by atoms with E-state index in [0.29, 0.717) is 11.1 Å². The minimum absolute atomic E-state index is 0.407. The van der Waals surface area contributed by atoms with Crippen LogP contribution in [0.2, 0.25) is 13.1 Å². The summed E-state index contributed by atoms with van der Waals surface area (Å²) in [6.07, 6.45) is 1.85. The van der Waals surface area contributed by atoms with Crippen molar-refractivity contribution in [3.8, 4) is 5.69 Å². The molecule has 0 radical (unpaired) electrons. The van der Waals surface area contributed by atoms with E-state index in [4.69, 9.17) is 5.73 Å². The Morgan fingerprint density at radius 2 is 1.95 bits per heavy atom. The van der Waals surface area contributed by atoms with E-state index < -0.39 is 14.2 Å². The Morgan fingerprint density at radius 3 is 2.64 bits per heavy atom. The molecule has 0 saturated heterocycles. The van der Waals surface area contributed by atoms with Gasteiger partial charge >= 0.3 is 0 Å². The van der Waals surface area contributed by atoms with Crippen molar-refractivity contribution in [3.63, 3.8) is 0 Å². The summed E-state index contributed by atoms with van der Waals surface area (Å²) in [5, 5.41) is 6.26. The van der Waals surface area contributed by atoms with E-state index >= 15 is 0 Å². The van der Waals surface area contributed by atoms with Crippen molar-refractivity contribution in [2.24, 2.45) is 5.73 Å². The number of carbonyl (C=O) groups excluding carboxylic acids is 1. The van der Waals surface area contributed by atoms with Crippen molar-refractivity contribution >= 4 is 30.3 Å². The molecule has 0 bridgehead atoms. The smallest absolute Gasteiger partial charge is 0.250 e. The number of benzene rings is 2. The standard InChI is InChI=1S/C16H17N3O2Si/c1-22(2,21)13-7-4-6-12(9-13)19-10-11-5-3-8-14(16(17)20)15(11)18-19/h3-10,21H,1-2H3,(H2,17,20). The fourth-order valence-electron chi connectivity index (χ4n) is 2.41. The molecule has 0 aliphatic heterocycles. The number of hydrogen-bond donors (Lipinski definition) is 2. The first-order valence-electron chi connectivity index (χ1n) is 6.98. The third-order valence-corrected chi connectivity index (χ3v) is 5.34. The van der Waals surface area contributed by atoms with Gasteiger partial charge < -0.3 is 10.5 Å². The van der Waals surface area contributed by atoms with Gasteiger partial charge in [0.25, 0.3) is 5.91 Å². The summed E-state index contributed by atoms with van der Waals surface area (Å²) in [6.45, 7) is 3.74. The van der Waals surface area contributed by atoms with E-state index in [-0.39, 0.29) is 0 Å². The van der Waals surface area contributed by atoms with Gasteiger partial charge in [-0.25, -0.2) is 4.68 Å². The van der Waals surface area contributed by atoms with Crippen LogP contribution in [-0.2, 0) is 0 Å². The summed E-state index contributed by atoms with van der Waals surface area (Å²) in [6, 6.07) is 13.0. The van der Waals surface area contributed by atoms with Crippen molar-refractivity contribution in [2.45, 2.75) is 13.1 Å². The van der Waals surface area contributed by atoms with Gasteiger partial charge in [-0.15, -0.1) is 0 Å². The first-order valence-corrected chi connectivity index (χ1v) is 9.92. The maximum Gasteiger partial charge on any atom is 0.250 e. The highest BCUT2D eigenvalue weighted by atomic mass is 28.4. The molecule has 5 nitrogen and oxygen atoms in total. The lowest BCUT2D eigenvalue weighted by Gasteiger charge is -2.15. The van der Waals surface area contributed by atoms with Crippen molar-refractivity contribution < 1.29 is 9.59 Å². The quantitative estimate of drug-likeness (QED) is 0.720. The van der Waals surface area contributed by atoms with Crippen molar-refractivity contribution in [1.29, 1.82) is 0 Å². The van der Waals surface area contributed by atoms with Gasteiger partial charge in [-0.2, -0.15) is 5.10 Å². The number of carbonyl (C=O) groups is 1. The summed E-state index contributed by atoms with van der Waals surface area (Å²) in [5.41, 5.74) is 7.23. The van der Waals surface area contributed by atoms with Crippen LogP contribution in [0.4, 0.5) is 0 Å². The average molecular weight is 311 g/mol. The zero-order valence-corrected chi connectivity index (χ0v) is 13.4. The first-order chi connectivity index (χ1) is 10.4. The topological polar surface area (TPSA) is 81.1 Å². The molecule has 1 heterocycles. The fraction of sp³-hybridized carbons (Fsp3) is 0.125. The predicted octanol–water partition coefficient (Wildman–Crippen LogP) is 1.53. The van der Waals surface area contributed by atoms with Crippen LogP contribution in [0.5, 0.6) is 0 Å². The van der Waals surface area contributed by atoms with Crippen LogP contribution < -0.4 is 10.9 Å². The molecule has 3 aromatic rings. The summed E-state index contributed by atoms with van der Waals surface area (Å²) >= 11 is 0. The zero-order valence-electron chi connectivity index (χ0n) is 12.4. The number of primary amides is 1. The van der Waals surface area contributed by atoms with Crippen LogP contribution >= 0.6 is 0 Å². The van der Waals surface area contributed by atoms with Crippen LogP contribution in [0.15, 0.2) is 48.7 Å². The second-order valence-corrected chi connectivity index (χ2v) is 9.49. The molecule has 6 heteroatoms. The molecule has 0 aliphatic carbocycles. The maximum absolute atomic E-state index is 11.5. The highest BCUT2D eigenvalue weighted by molar-refractivity contribution is 6.83. The number of aromatic nitrogens is 2. The van der Waals surface area contributed by atoms with E-state index in [1.807, 2.05) is 49.6 Å². The number of amides is 1. The lowest BCUT2D eigenvalue weighted by Crippen LogP contribution is -2.41. The molecule has 1 amide bonds. The molecule has 0 aliphatic rings. The molecule has 3 rings (SSSR count). The summed E-state index contributed by atoms with van der Waals surface area (Å²) in [7, 11) is -2.38. The Balaban J connectivity index is 2.15. The molecule has 2 aromatic carbocycles. The third-order valence-electron chi connectivity index (χ3n) is 3.62. The van der Waals surface area contributed by atoms with E-state index in [1.54, 1.807) is 16.8 Å². The Hall–Kier alpha value is -2.44. The maximum atomic E-state index is 11.5. The zero-order chi connectivity index (χ0) is 15.9. The normalized spacial score (nSPS) is 11.8. The molecule has 0 saturated carbocycles. The van der Waals surface area contributed by atoms with Gasteiger partial charge in [0.15, 0.2) is 0 Å². The van der Waals surface area contributed by atoms with Gasteiger partial charge in [-0.3, -0.25) is 4.79 Å². The van der Waals surface area contributed by atoms with Crippen molar-refractivity contribution in [1.82, 2.24) is 9.78 Å². The van der Waals surface area contributed by atoms with E-state index in [0.717, 1.165) is 16.3 Å². The number of fused-ring (bicyclic) bond motifs is 1. The molecule has 0 fully saturated rings. The molecule has 0 spiro atoms. The highest BCUT2D eigenvalue weighted by Gasteiger charge is 2.20. The second kappa shape index (κ2) is 5.08. The van der Waals surface area contributed by atoms with Crippen LogP contribution in [0, 0.1) is 0 Å². The molecular formula is C16H17N3O2Si. The molecule has 0 atom stereocenters. The van der Waals surface area contributed by atoms with Crippen molar-refractivity contribution in [3.05, 3.63) is 54.2 Å². The van der Waals surface area contributed by atoms with Gasteiger partial charge in [0.2, 0.25) is 8.32 Å². The lowest BCUT2D eigenvalue weighted by molar-refractivity contribution is 0.100. The Labute approximate surface area is 129 Å².